The van der Waals surface area contributed by atoms with E-state index in [0.717, 1.165) is 24.0 Å². The molecule has 0 bridgehead atoms. The number of hydrogen-bond donors (Lipinski definition) is 0. The van der Waals surface area contributed by atoms with Crippen molar-refractivity contribution in [2.24, 2.45) is 0 Å². The summed E-state index contributed by atoms with van der Waals surface area (Å²) in [4.78, 5) is 11.4. The third-order valence-electron chi connectivity index (χ3n) is 2.75. The zero-order valence-electron chi connectivity index (χ0n) is 8.87. The highest BCUT2D eigenvalue weighted by molar-refractivity contribution is 6.31. The summed E-state index contributed by atoms with van der Waals surface area (Å²) in [5, 5.41) is -0.0581. The third kappa shape index (κ3) is 2.33. The lowest BCUT2D eigenvalue weighted by atomic mass is 10.0. The number of hydrogen-bond acceptors (Lipinski definition) is 2. The number of carbonyl (C=O) groups is 1. The zero-order valence-corrected chi connectivity index (χ0v) is 10.4. The summed E-state index contributed by atoms with van der Waals surface area (Å²) in [6.45, 7) is 0. The van der Waals surface area contributed by atoms with Gasteiger partial charge >= 0.3 is 5.97 Å². The highest BCUT2D eigenvalue weighted by Gasteiger charge is 2.30. The van der Waals surface area contributed by atoms with E-state index in [4.69, 9.17) is 23.2 Å². The van der Waals surface area contributed by atoms with Crippen LogP contribution in [0, 0.1) is 0 Å². The van der Waals surface area contributed by atoms with Crippen LogP contribution in [0.15, 0.2) is 18.2 Å². The first-order chi connectivity index (χ1) is 7.63. The highest BCUT2D eigenvalue weighted by Crippen LogP contribution is 2.44. The molecule has 1 fully saturated rings. The van der Waals surface area contributed by atoms with Gasteiger partial charge in [0.05, 0.1) is 7.11 Å². The topological polar surface area (TPSA) is 26.3 Å². The van der Waals surface area contributed by atoms with Crippen LogP contribution in [0.3, 0.4) is 0 Å². The zero-order chi connectivity index (χ0) is 11.7. The van der Waals surface area contributed by atoms with E-state index >= 15 is 0 Å². The van der Waals surface area contributed by atoms with Crippen LogP contribution in [0.25, 0.3) is 0 Å². The highest BCUT2D eigenvalue weighted by atomic mass is 35.5. The van der Waals surface area contributed by atoms with Crippen molar-refractivity contribution in [3.8, 4) is 0 Å². The van der Waals surface area contributed by atoms with Crippen molar-refractivity contribution in [3.63, 3.8) is 0 Å². The lowest BCUT2D eigenvalue weighted by Gasteiger charge is -2.13. The summed E-state index contributed by atoms with van der Waals surface area (Å²) in [5.41, 5.74) is 1.90. The van der Waals surface area contributed by atoms with Gasteiger partial charge in [-0.05, 0) is 42.0 Å². The standard InChI is InChI=1S/C12H12Cl2O2/c1-16-12(15)11(14)9-5-4-8(13)6-10(9)7-2-3-7/h4-7,11H,2-3H2,1H3. The summed E-state index contributed by atoms with van der Waals surface area (Å²) in [5.74, 6) is 0.0745. The SMILES string of the molecule is COC(=O)C(Cl)c1ccc(Cl)cc1C1CC1. The Balaban J connectivity index is 2.35. The van der Waals surface area contributed by atoms with Crippen molar-refractivity contribution in [1.82, 2.24) is 0 Å². The first kappa shape index (κ1) is 11.7. The molecule has 2 nitrogen and oxygen atoms in total. The summed E-state index contributed by atoms with van der Waals surface area (Å²) in [6.07, 6.45) is 2.27. The minimum absolute atomic E-state index is 0.425. The molecule has 0 N–H and O–H groups in total. The van der Waals surface area contributed by atoms with Crippen LogP contribution in [0.2, 0.25) is 5.02 Å². The van der Waals surface area contributed by atoms with E-state index in [1.54, 1.807) is 6.07 Å². The van der Waals surface area contributed by atoms with Crippen LogP contribution in [0.1, 0.15) is 35.3 Å². The molecule has 2 rings (SSSR count). The lowest BCUT2D eigenvalue weighted by Crippen LogP contribution is -2.10. The van der Waals surface area contributed by atoms with Gasteiger partial charge in [0.15, 0.2) is 5.38 Å². The van der Waals surface area contributed by atoms with Gasteiger partial charge in [0.2, 0.25) is 0 Å². The number of methoxy groups -OCH3 is 1. The van der Waals surface area contributed by atoms with E-state index in [1.807, 2.05) is 12.1 Å². The second-order valence-electron chi connectivity index (χ2n) is 3.93. The average Bonchev–Trinajstić information content (AvgIpc) is 3.10. The number of alkyl halides is 1. The van der Waals surface area contributed by atoms with Gasteiger partial charge in [0, 0.05) is 5.02 Å². The maximum atomic E-state index is 11.4. The molecule has 0 saturated heterocycles. The molecule has 1 aliphatic carbocycles. The number of halogens is 2. The number of rotatable bonds is 3. The quantitative estimate of drug-likeness (QED) is 0.611. The van der Waals surface area contributed by atoms with E-state index in [9.17, 15) is 4.79 Å². The Morgan fingerprint density at radius 3 is 2.75 bits per heavy atom. The molecule has 1 aromatic carbocycles. The molecule has 1 atom stereocenters. The van der Waals surface area contributed by atoms with E-state index in [2.05, 4.69) is 4.74 Å². The van der Waals surface area contributed by atoms with Crippen LogP contribution in [0.4, 0.5) is 0 Å². The Kier molecular flexibility index (Phi) is 3.41. The molecular formula is C12H12Cl2O2. The first-order valence-electron chi connectivity index (χ1n) is 5.14. The molecule has 16 heavy (non-hydrogen) atoms. The number of ether oxygens (including phenoxy) is 1. The van der Waals surface area contributed by atoms with Crippen LogP contribution < -0.4 is 0 Å². The number of esters is 1. The van der Waals surface area contributed by atoms with Crippen LogP contribution in [-0.4, -0.2) is 13.1 Å². The average molecular weight is 259 g/mol. The Morgan fingerprint density at radius 1 is 1.50 bits per heavy atom. The summed E-state index contributed by atoms with van der Waals surface area (Å²) < 4.78 is 4.65. The molecule has 0 heterocycles. The second kappa shape index (κ2) is 4.64. The fraction of sp³-hybridized carbons (Fsp3) is 0.417. The Labute approximate surface area is 104 Å². The first-order valence-corrected chi connectivity index (χ1v) is 5.96. The fourth-order valence-electron chi connectivity index (χ4n) is 1.75. The predicted octanol–water partition coefficient (Wildman–Crippen LogP) is 3.67. The van der Waals surface area contributed by atoms with Crippen LogP contribution in [0.5, 0.6) is 0 Å². The molecular weight excluding hydrogens is 247 g/mol. The van der Waals surface area contributed by atoms with Crippen molar-refractivity contribution >= 4 is 29.2 Å². The number of carbonyl (C=O) groups excluding carboxylic acids is 1. The summed E-state index contributed by atoms with van der Waals surface area (Å²) in [7, 11) is 1.34. The Hall–Kier alpha value is -0.730. The largest absolute Gasteiger partial charge is 0.468 e. The second-order valence-corrected chi connectivity index (χ2v) is 4.81. The Bertz CT molecular complexity index is 413. The van der Waals surface area contributed by atoms with E-state index in [-0.39, 0.29) is 0 Å². The molecule has 0 aliphatic heterocycles. The molecule has 1 aliphatic rings. The molecule has 0 aromatic heterocycles. The van der Waals surface area contributed by atoms with Crippen molar-refractivity contribution in [3.05, 3.63) is 34.3 Å². The molecule has 1 aromatic rings. The minimum atomic E-state index is -0.738. The smallest absolute Gasteiger partial charge is 0.328 e. The van der Waals surface area contributed by atoms with Gasteiger partial charge < -0.3 is 4.74 Å². The fourth-order valence-corrected chi connectivity index (χ4v) is 2.22. The van der Waals surface area contributed by atoms with Gasteiger partial charge in [-0.15, -0.1) is 11.6 Å². The van der Waals surface area contributed by atoms with Crippen LogP contribution >= 0.6 is 23.2 Å². The monoisotopic (exact) mass is 258 g/mol. The third-order valence-corrected chi connectivity index (χ3v) is 3.40. The van der Waals surface area contributed by atoms with E-state index in [0.29, 0.717) is 10.9 Å². The van der Waals surface area contributed by atoms with Gasteiger partial charge in [-0.2, -0.15) is 0 Å². The molecule has 1 unspecified atom stereocenters. The van der Waals surface area contributed by atoms with Crippen molar-refractivity contribution in [1.29, 1.82) is 0 Å². The summed E-state index contributed by atoms with van der Waals surface area (Å²) >= 11 is 12.0. The normalized spacial score (nSPS) is 16.9. The molecule has 0 amide bonds. The molecule has 0 radical (unpaired) electrons. The Morgan fingerprint density at radius 2 is 2.19 bits per heavy atom. The van der Waals surface area contributed by atoms with Crippen LogP contribution in [-0.2, 0) is 9.53 Å². The van der Waals surface area contributed by atoms with Gasteiger partial charge in [-0.3, -0.25) is 4.79 Å². The van der Waals surface area contributed by atoms with Crippen molar-refractivity contribution < 1.29 is 9.53 Å². The molecule has 86 valence electrons. The van der Waals surface area contributed by atoms with Crippen molar-refractivity contribution in [2.45, 2.75) is 24.1 Å². The number of benzene rings is 1. The maximum Gasteiger partial charge on any atom is 0.328 e. The van der Waals surface area contributed by atoms with Gasteiger partial charge in [-0.25, -0.2) is 0 Å². The minimum Gasteiger partial charge on any atom is -0.468 e. The van der Waals surface area contributed by atoms with Gasteiger partial charge in [-0.1, -0.05) is 17.7 Å². The molecule has 1 saturated carbocycles. The van der Waals surface area contributed by atoms with E-state index < -0.39 is 11.3 Å². The van der Waals surface area contributed by atoms with Gasteiger partial charge in [0.25, 0.3) is 0 Å². The maximum absolute atomic E-state index is 11.4. The summed E-state index contributed by atoms with van der Waals surface area (Å²) in [6, 6.07) is 5.46. The molecule has 4 heteroatoms. The lowest BCUT2D eigenvalue weighted by molar-refractivity contribution is -0.140. The van der Waals surface area contributed by atoms with E-state index in [1.165, 1.54) is 7.11 Å². The van der Waals surface area contributed by atoms with Gasteiger partial charge in [0.1, 0.15) is 0 Å². The van der Waals surface area contributed by atoms with Crippen molar-refractivity contribution in [2.75, 3.05) is 7.11 Å². The molecule has 0 spiro atoms. The predicted molar refractivity (Wildman–Crippen MR) is 64.0 cm³/mol.